The van der Waals surface area contributed by atoms with Crippen molar-refractivity contribution in [2.24, 2.45) is 0 Å². The number of hydrogen-bond acceptors (Lipinski definition) is 2. The van der Waals surface area contributed by atoms with E-state index in [4.69, 9.17) is 9.84 Å². The van der Waals surface area contributed by atoms with E-state index in [1.165, 1.54) is 5.57 Å². The molecular formula is C11H22O2. The lowest BCUT2D eigenvalue weighted by molar-refractivity contribution is -0.00131. The van der Waals surface area contributed by atoms with Gasteiger partial charge in [-0.15, -0.1) is 0 Å². The molecule has 0 aliphatic heterocycles. The molecule has 0 saturated carbocycles. The molecule has 1 unspecified atom stereocenters. The van der Waals surface area contributed by atoms with Crippen molar-refractivity contribution < 1.29 is 9.84 Å². The van der Waals surface area contributed by atoms with Gasteiger partial charge in [-0.2, -0.15) is 0 Å². The minimum atomic E-state index is -0.0650. The molecule has 0 aromatic rings. The largest absolute Gasteiger partial charge is 0.392 e. The normalized spacial score (nSPS) is 17.2. The van der Waals surface area contributed by atoms with Gasteiger partial charge in [0.25, 0.3) is 0 Å². The Morgan fingerprint density at radius 1 is 1.54 bits per heavy atom. The molecule has 13 heavy (non-hydrogen) atoms. The zero-order valence-corrected chi connectivity index (χ0v) is 9.26. The quantitative estimate of drug-likeness (QED) is 0.646. The summed E-state index contributed by atoms with van der Waals surface area (Å²) in [6.45, 7) is 6.43. The van der Waals surface area contributed by atoms with E-state index in [-0.39, 0.29) is 12.2 Å². The van der Waals surface area contributed by atoms with E-state index in [1.54, 1.807) is 7.11 Å². The van der Waals surface area contributed by atoms with Gasteiger partial charge < -0.3 is 9.84 Å². The van der Waals surface area contributed by atoms with Crippen molar-refractivity contribution in [2.75, 3.05) is 13.7 Å². The van der Waals surface area contributed by atoms with Gasteiger partial charge in [-0.05, 0) is 26.7 Å². The molecule has 0 aliphatic rings. The third kappa shape index (κ3) is 5.06. The second-order valence-electron chi connectivity index (χ2n) is 3.81. The first-order chi connectivity index (χ1) is 6.08. The molecule has 0 aromatic carbocycles. The van der Waals surface area contributed by atoms with Gasteiger partial charge in [0.2, 0.25) is 0 Å². The predicted molar refractivity (Wildman–Crippen MR) is 55.8 cm³/mol. The maximum absolute atomic E-state index is 8.72. The number of rotatable bonds is 6. The average Bonchev–Trinajstić information content (AvgIpc) is 2.05. The van der Waals surface area contributed by atoms with E-state index in [2.05, 4.69) is 13.8 Å². The van der Waals surface area contributed by atoms with Crippen molar-refractivity contribution in [1.29, 1.82) is 0 Å². The van der Waals surface area contributed by atoms with E-state index >= 15 is 0 Å². The fraction of sp³-hybridized carbons (Fsp3) is 0.818. The molecule has 0 aromatic heterocycles. The fourth-order valence-corrected chi connectivity index (χ4v) is 1.61. The molecule has 0 heterocycles. The molecule has 78 valence electrons. The summed E-state index contributed by atoms with van der Waals surface area (Å²) >= 11 is 0. The highest BCUT2D eigenvalue weighted by Crippen LogP contribution is 2.24. The van der Waals surface area contributed by atoms with Gasteiger partial charge in [0.1, 0.15) is 0 Å². The Morgan fingerprint density at radius 3 is 2.54 bits per heavy atom. The second-order valence-corrected chi connectivity index (χ2v) is 3.81. The van der Waals surface area contributed by atoms with Crippen LogP contribution < -0.4 is 0 Å². The monoisotopic (exact) mass is 186 g/mol. The fourth-order valence-electron chi connectivity index (χ4n) is 1.61. The van der Waals surface area contributed by atoms with Crippen molar-refractivity contribution in [3.8, 4) is 0 Å². The second kappa shape index (κ2) is 6.17. The number of methoxy groups -OCH3 is 1. The first-order valence-electron chi connectivity index (χ1n) is 4.89. The molecule has 0 rings (SSSR count). The van der Waals surface area contributed by atoms with Crippen LogP contribution >= 0.6 is 0 Å². The highest BCUT2D eigenvalue weighted by molar-refractivity contribution is 5.03. The van der Waals surface area contributed by atoms with E-state index in [0.29, 0.717) is 0 Å². The number of hydrogen-bond donors (Lipinski definition) is 1. The topological polar surface area (TPSA) is 29.5 Å². The molecule has 0 saturated heterocycles. The molecule has 1 N–H and O–H groups in total. The van der Waals surface area contributed by atoms with Crippen LogP contribution in [0.3, 0.4) is 0 Å². The zero-order chi connectivity index (χ0) is 10.3. The molecule has 2 nitrogen and oxygen atoms in total. The summed E-state index contributed by atoms with van der Waals surface area (Å²) < 4.78 is 5.47. The Labute approximate surface area is 81.6 Å². The molecule has 0 bridgehead atoms. The number of aliphatic hydroxyl groups is 1. The highest BCUT2D eigenvalue weighted by Gasteiger charge is 2.22. The van der Waals surface area contributed by atoms with Crippen LogP contribution in [0.2, 0.25) is 0 Å². The van der Waals surface area contributed by atoms with Gasteiger partial charge in [0.15, 0.2) is 0 Å². The first-order valence-corrected chi connectivity index (χ1v) is 4.89. The van der Waals surface area contributed by atoms with E-state index in [1.807, 2.05) is 13.0 Å². The predicted octanol–water partition coefficient (Wildman–Crippen LogP) is 2.52. The van der Waals surface area contributed by atoms with Crippen LogP contribution in [0.15, 0.2) is 11.6 Å². The van der Waals surface area contributed by atoms with Crippen LogP contribution in [0.5, 0.6) is 0 Å². The molecular weight excluding hydrogens is 164 g/mol. The lowest BCUT2D eigenvalue weighted by Crippen LogP contribution is -2.27. The molecule has 0 aliphatic carbocycles. The SMILES string of the molecule is CCCC(C)(CC(C)=CCO)OC. The summed E-state index contributed by atoms with van der Waals surface area (Å²) in [6.07, 6.45) is 4.92. The summed E-state index contributed by atoms with van der Waals surface area (Å²) in [4.78, 5) is 0. The Kier molecular flexibility index (Phi) is 6.00. The highest BCUT2D eigenvalue weighted by atomic mass is 16.5. The Balaban J connectivity index is 4.17. The lowest BCUT2D eigenvalue weighted by Gasteiger charge is -2.28. The van der Waals surface area contributed by atoms with Crippen LogP contribution in [0.4, 0.5) is 0 Å². The summed E-state index contributed by atoms with van der Waals surface area (Å²) in [5.41, 5.74) is 1.13. The molecule has 2 heteroatoms. The van der Waals surface area contributed by atoms with Crippen LogP contribution in [0.25, 0.3) is 0 Å². The van der Waals surface area contributed by atoms with Gasteiger partial charge in [0.05, 0.1) is 12.2 Å². The minimum Gasteiger partial charge on any atom is -0.392 e. The van der Waals surface area contributed by atoms with E-state index < -0.39 is 0 Å². The molecule has 0 amide bonds. The molecule has 0 radical (unpaired) electrons. The van der Waals surface area contributed by atoms with Gasteiger partial charge in [-0.25, -0.2) is 0 Å². The zero-order valence-electron chi connectivity index (χ0n) is 9.26. The van der Waals surface area contributed by atoms with Gasteiger partial charge in [0, 0.05) is 7.11 Å². The first kappa shape index (κ1) is 12.7. The van der Waals surface area contributed by atoms with Crippen molar-refractivity contribution >= 4 is 0 Å². The summed E-state index contributed by atoms with van der Waals surface area (Å²) in [5.74, 6) is 0. The Bertz CT molecular complexity index is 163. The van der Waals surface area contributed by atoms with Crippen LogP contribution in [0.1, 0.15) is 40.0 Å². The standard InChI is InChI=1S/C11H22O2/c1-5-7-11(3,13-4)9-10(2)6-8-12/h6,12H,5,7-9H2,1-4H3. The van der Waals surface area contributed by atoms with Gasteiger partial charge >= 0.3 is 0 Å². The van der Waals surface area contributed by atoms with Crippen LogP contribution in [-0.2, 0) is 4.74 Å². The number of ether oxygens (including phenoxy) is 1. The van der Waals surface area contributed by atoms with E-state index in [0.717, 1.165) is 19.3 Å². The maximum atomic E-state index is 8.72. The van der Waals surface area contributed by atoms with E-state index in [9.17, 15) is 0 Å². The van der Waals surface area contributed by atoms with Crippen LogP contribution in [0, 0.1) is 0 Å². The van der Waals surface area contributed by atoms with Crippen molar-refractivity contribution in [1.82, 2.24) is 0 Å². The Hall–Kier alpha value is -0.340. The summed E-state index contributed by atoms with van der Waals surface area (Å²) in [7, 11) is 1.75. The van der Waals surface area contributed by atoms with Crippen LogP contribution in [-0.4, -0.2) is 24.4 Å². The summed E-state index contributed by atoms with van der Waals surface area (Å²) in [6, 6.07) is 0. The van der Waals surface area contributed by atoms with Crippen molar-refractivity contribution in [3.05, 3.63) is 11.6 Å². The summed E-state index contributed by atoms with van der Waals surface area (Å²) in [5, 5.41) is 8.72. The lowest BCUT2D eigenvalue weighted by atomic mass is 9.92. The Morgan fingerprint density at radius 2 is 2.15 bits per heavy atom. The maximum Gasteiger partial charge on any atom is 0.0687 e. The minimum absolute atomic E-state index is 0.0650. The van der Waals surface area contributed by atoms with Gasteiger partial charge in [-0.3, -0.25) is 0 Å². The van der Waals surface area contributed by atoms with Crippen molar-refractivity contribution in [2.45, 2.75) is 45.6 Å². The number of aliphatic hydroxyl groups excluding tert-OH is 1. The average molecular weight is 186 g/mol. The molecule has 0 spiro atoms. The third-order valence-electron chi connectivity index (χ3n) is 2.36. The van der Waals surface area contributed by atoms with Crippen molar-refractivity contribution in [3.63, 3.8) is 0 Å². The van der Waals surface area contributed by atoms with Gasteiger partial charge in [-0.1, -0.05) is 25.0 Å². The smallest absolute Gasteiger partial charge is 0.0687 e. The third-order valence-corrected chi connectivity index (χ3v) is 2.36. The molecule has 0 fully saturated rings. The molecule has 1 atom stereocenters.